The van der Waals surface area contributed by atoms with Gasteiger partial charge in [0, 0.05) is 23.8 Å². The Morgan fingerprint density at radius 3 is 2.69 bits per heavy atom. The summed E-state index contributed by atoms with van der Waals surface area (Å²) in [6.07, 6.45) is 4.31. The monoisotopic (exact) mass is 486 g/mol. The molecule has 9 heteroatoms. The molecule has 1 aliphatic heterocycles. The van der Waals surface area contributed by atoms with Crippen LogP contribution in [0.5, 0.6) is 5.88 Å². The summed E-state index contributed by atoms with van der Waals surface area (Å²) < 4.78 is 6.51. The maximum Gasteiger partial charge on any atom is 0.247 e. The van der Waals surface area contributed by atoms with E-state index in [4.69, 9.17) is 9.72 Å². The topological polar surface area (TPSA) is 96.9 Å². The minimum absolute atomic E-state index is 0.169. The van der Waals surface area contributed by atoms with Gasteiger partial charge in [-0.2, -0.15) is 10.1 Å². The van der Waals surface area contributed by atoms with Gasteiger partial charge in [0.05, 0.1) is 23.1 Å². The Kier molecular flexibility index (Phi) is 6.76. The van der Waals surface area contributed by atoms with Gasteiger partial charge >= 0.3 is 0 Å². The molecular weight excluding hydrogens is 460 g/mol. The second-order valence-corrected chi connectivity index (χ2v) is 9.31. The van der Waals surface area contributed by atoms with Crippen molar-refractivity contribution in [1.29, 1.82) is 0 Å². The largest absolute Gasteiger partial charge is 0.447 e. The van der Waals surface area contributed by atoms with E-state index in [1.165, 1.54) is 6.92 Å². The summed E-state index contributed by atoms with van der Waals surface area (Å²) in [7, 11) is 0. The number of anilines is 1. The number of aromatic amines is 1. The number of carbonyl (C=O) groups excluding carboxylic acids is 1. The molecular formula is C26H26N6O2S. The van der Waals surface area contributed by atoms with Crippen LogP contribution in [0.15, 0.2) is 66.0 Å². The molecule has 1 aliphatic rings. The average Bonchev–Trinajstić information content (AvgIpc) is 3.32. The van der Waals surface area contributed by atoms with Crippen molar-refractivity contribution in [3.63, 3.8) is 0 Å². The van der Waals surface area contributed by atoms with Crippen LogP contribution in [0.2, 0.25) is 0 Å². The molecule has 3 heterocycles. The van der Waals surface area contributed by atoms with Crippen molar-refractivity contribution in [2.24, 2.45) is 0 Å². The average molecular weight is 487 g/mol. The van der Waals surface area contributed by atoms with Crippen molar-refractivity contribution in [1.82, 2.24) is 25.4 Å². The maximum absolute atomic E-state index is 13.0. The molecule has 1 atom stereocenters. The fourth-order valence-electron chi connectivity index (χ4n) is 4.15. The predicted molar refractivity (Wildman–Crippen MR) is 136 cm³/mol. The fourth-order valence-corrected chi connectivity index (χ4v) is 4.93. The number of nitrogens with one attached hydrogen (secondary N) is 1. The number of aromatic nitrogens is 5. The number of benzene rings is 2. The molecule has 0 aliphatic carbocycles. The van der Waals surface area contributed by atoms with Crippen LogP contribution in [0.1, 0.15) is 44.9 Å². The van der Waals surface area contributed by atoms with Gasteiger partial charge in [-0.3, -0.25) is 14.8 Å². The molecule has 0 radical (unpaired) electrons. The van der Waals surface area contributed by atoms with Gasteiger partial charge in [-0.25, -0.2) is 0 Å². The number of rotatable bonds is 7. The summed E-state index contributed by atoms with van der Waals surface area (Å²) in [5.41, 5.74) is 4.38. The van der Waals surface area contributed by atoms with Crippen molar-refractivity contribution >= 4 is 23.4 Å². The molecule has 2 aromatic carbocycles. The second kappa shape index (κ2) is 10.3. The molecule has 1 amide bonds. The van der Waals surface area contributed by atoms with Crippen LogP contribution < -0.4 is 9.64 Å². The normalized spacial score (nSPS) is 14.6. The number of hydrogen-bond donors (Lipinski definition) is 1. The lowest BCUT2D eigenvalue weighted by Gasteiger charge is -2.29. The molecule has 0 fully saturated rings. The zero-order valence-electron chi connectivity index (χ0n) is 19.6. The molecule has 4 aromatic rings. The highest BCUT2D eigenvalue weighted by Crippen LogP contribution is 2.44. The summed E-state index contributed by atoms with van der Waals surface area (Å²) in [5, 5.41) is 16.8. The fraction of sp³-hybridized carbons (Fsp3) is 0.269. The molecule has 0 saturated heterocycles. The number of fused-ring (bicyclic) bond motifs is 3. The van der Waals surface area contributed by atoms with Crippen molar-refractivity contribution in [3.05, 3.63) is 66.4 Å². The Labute approximate surface area is 208 Å². The molecule has 2 aromatic heterocycles. The van der Waals surface area contributed by atoms with Crippen molar-refractivity contribution in [2.75, 3.05) is 10.7 Å². The molecule has 35 heavy (non-hydrogen) atoms. The van der Waals surface area contributed by atoms with E-state index in [2.05, 4.69) is 27.3 Å². The standard InChI is InChI=1S/C26H26N6O2S/c1-3-4-10-15-35-26-28-24-23(30-31-26)19-13-8-9-14-21(19)32(17(2)33)25(34-24)20-16-27-29-22(20)18-11-6-5-7-12-18/h5-9,11-14,16,25H,3-4,10,15H2,1-2H3,(H,27,29). The first-order valence-corrected chi connectivity index (χ1v) is 12.7. The number of H-pyrrole nitrogens is 1. The summed E-state index contributed by atoms with van der Waals surface area (Å²) in [6, 6.07) is 17.4. The van der Waals surface area contributed by atoms with E-state index in [0.29, 0.717) is 22.4 Å². The molecule has 1 N–H and O–H groups in total. The summed E-state index contributed by atoms with van der Waals surface area (Å²) in [4.78, 5) is 19.4. The number of nitrogens with zero attached hydrogens (tertiary/aromatic N) is 5. The lowest BCUT2D eigenvalue weighted by molar-refractivity contribution is -0.118. The number of ether oxygens (including phenoxy) is 1. The number of para-hydroxylation sites is 1. The third kappa shape index (κ3) is 4.64. The van der Waals surface area contributed by atoms with Crippen LogP contribution in [-0.2, 0) is 4.79 Å². The van der Waals surface area contributed by atoms with Gasteiger partial charge < -0.3 is 4.74 Å². The summed E-state index contributed by atoms with van der Waals surface area (Å²) >= 11 is 1.56. The number of amides is 1. The van der Waals surface area contributed by atoms with E-state index in [1.54, 1.807) is 22.9 Å². The highest BCUT2D eigenvalue weighted by Gasteiger charge is 2.36. The van der Waals surface area contributed by atoms with Crippen LogP contribution >= 0.6 is 11.8 Å². The number of hydrogen-bond acceptors (Lipinski definition) is 7. The highest BCUT2D eigenvalue weighted by atomic mass is 32.2. The predicted octanol–water partition coefficient (Wildman–Crippen LogP) is 5.66. The van der Waals surface area contributed by atoms with Crippen molar-refractivity contribution < 1.29 is 9.53 Å². The summed E-state index contributed by atoms with van der Waals surface area (Å²) in [6.45, 7) is 3.70. The molecule has 0 saturated carbocycles. The minimum atomic E-state index is -0.793. The lowest BCUT2D eigenvalue weighted by atomic mass is 10.1. The van der Waals surface area contributed by atoms with Gasteiger partial charge in [0.2, 0.25) is 23.2 Å². The maximum atomic E-state index is 13.0. The Bertz CT molecular complexity index is 1330. The van der Waals surface area contributed by atoms with E-state index in [-0.39, 0.29) is 5.91 Å². The molecule has 5 rings (SSSR count). The van der Waals surface area contributed by atoms with E-state index in [1.807, 2.05) is 54.6 Å². The smallest absolute Gasteiger partial charge is 0.247 e. The molecule has 178 valence electrons. The SMILES string of the molecule is CCCCCSc1nnc2c(n1)OC(c1cn[nH]c1-c1ccccc1)N(C(C)=O)c1ccccc1-2. The van der Waals surface area contributed by atoms with Crippen molar-refractivity contribution in [2.45, 2.75) is 44.5 Å². The first kappa shape index (κ1) is 23.0. The number of thioether (sulfide) groups is 1. The molecule has 0 spiro atoms. The van der Waals surface area contributed by atoms with Crippen LogP contribution in [0.3, 0.4) is 0 Å². The van der Waals surface area contributed by atoms with Gasteiger partial charge in [0.15, 0.2) is 5.69 Å². The van der Waals surface area contributed by atoms with Crippen LogP contribution in [0.25, 0.3) is 22.5 Å². The number of carbonyl (C=O) groups is 1. The number of unbranched alkanes of at least 4 members (excludes halogenated alkanes) is 2. The first-order valence-electron chi connectivity index (χ1n) is 11.7. The van der Waals surface area contributed by atoms with Gasteiger partial charge in [-0.15, -0.1) is 10.2 Å². The van der Waals surface area contributed by atoms with Crippen LogP contribution in [-0.4, -0.2) is 37.0 Å². The van der Waals surface area contributed by atoms with Crippen LogP contribution in [0.4, 0.5) is 5.69 Å². The molecule has 1 unspecified atom stereocenters. The zero-order chi connectivity index (χ0) is 24.2. The highest BCUT2D eigenvalue weighted by molar-refractivity contribution is 7.99. The Morgan fingerprint density at radius 1 is 1.09 bits per heavy atom. The van der Waals surface area contributed by atoms with Crippen LogP contribution in [0, 0.1) is 0 Å². The molecule has 0 bridgehead atoms. The van der Waals surface area contributed by atoms with E-state index in [9.17, 15) is 4.79 Å². The second-order valence-electron chi connectivity index (χ2n) is 8.25. The van der Waals surface area contributed by atoms with E-state index in [0.717, 1.165) is 47.4 Å². The Balaban J connectivity index is 1.62. The van der Waals surface area contributed by atoms with Gasteiger partial charge in [-0.1, -0.05) is 80.1 Å². The molecule has 8 nitrogen and oxygen atoms in total. The van der Waals surface area contributed by atoms with Gasteiger partial charge in [-0.05, 0) is 12.5 Å². The van der Waals surface area contributed by atoms with Gasteiger partial charge in [0.25, 0.3) is 0 Å². The lowest BCUT2D eigenvalue weighted by Crippen LogP contribution is -2.36. The quantitative estimate of drug-likeness (QED) is 0.266. The minimum Gasteiger partial charge on any atom is -0.447 e. The third-order valence-electron chi connectivity index (χ3n) is 5.83. The van der Waals surface area contributed by atoms with Gasteiger partial charge in [0.1, 0.15) is 0 Å². The Morgan fingerprint density at radius 2 is 1.89 bits per heavy atom. The Hall–Kier alpha value is -3.72. The summed E-state index contributed by atoms with van der Waals surface area (Å²) in [5.74, 6) is 1.09. The first-order chi connectivity index (χ1) is 17.2. The van der Waals surface area contributed by atoms with Crippen molar-refractivity contribution in [3.8, 4) is 28.4 Å². The third-order valence-corrected chi connectivity index (χ3v) is 6.75. The zero-order valence-corrected chi connectivity index (χ0v) is 20.5. The van der Waals surface area contributed by atoms with E-state index < -0.39 is 6.23 Å². The van der Waals surface area contributed by atoms with E-state index >= 15 is 0 Å².